The van der Waals surface area contributed by atoms with E-state index in [1.807, 2.05) is 7.05 Å². The van der Waals surface area contributed by atoms with Crippen molar-refractivity contribution in [3.05, 3.63) is 34.3 Å². The van der Waals surface area contributed by atoms with Crippen LogP contribution in [0.3, 0.4) is 0 Å². The monoisotopic (exact) mass is 283 g/mol. The van der Waals surface area contributed by atoms with E-state index in [9.17, 15) is 8.78 Å². The van der Waals surface area contributed by atoms with Crippen molar-refractivity contribution in [3.63, 3.8) is 0 Å². The van der Waals surface area contributed by atoms with Gasteiger partial charge in [-0.3, -0.25) is 0 Å². The van der Waals surface area contributed by atoms with Crippen LogP contribution in [0.2, 0.25) is 0 Å². The van der Waals surface area contributed by atoms with E-state index in [0.29, 0.717) is 16.1 Å². The number of nitrogens with zero attached hydrogens (tertiary/aromatic N) is 2. The van der Waals surface area contributed by atoms with Gasteiger partial charge in [0.1, 0.15) is 16.6 Å². The number of hydrogen-bond donors (Lipinski definition) is 1. The van der Waals surface area contributed by atoms with Gasteiger partial charge >= 0.3 is 0 Å². The first-order chi connectivity index (χ1) is 9.11. The topological polar surface area (TPSA) is 37.8 Å². The minimum atomic E-state index is -0.596. The third kappa shape index (κ3) is 3.33. The zero-order valence-electron chi connectivity index (χ0n) is 10.8. The molecule has 1 aromatic heterocycles. The highest BCUT2D eigenvalue weighted by Gasteiger charge is 2.13. The van der Waals surface area contributed by atoms with Gasteiger partial charge in [0.15, 0.2) is 5.01 Å². The number of aromatic nitrogens is 2. The molecule has 6 heteroatoms. The Bertz CT molecular complexity index is 569. The Morgan fingerprint density at radius 3 is 2.74 bits per heavy atom. The zero-order chi connectivity index (χ0) is 13.8. The van der Waals surface area contributed by atoms with E-state index in [0.717, 1.165) is 30.5 Å². The summed E-state index contributed by atoms with van der Waals surface area (Å²) in [6, 6.07) is 2.37. The maximum Gasteiger partial charge on any atom is 0.150 e. The summed E-state index contributed by atoms with van der Waals surface area (Å²) in [5.74, 6) is -1.14. The summed E-state index contributed by atoms with van der Waals surface area (Å²) in [5.41, 5.74) is 0.722. The van der Waals surface area contributed by atoms with Crippen molar-refractivity contribution in [2.24, 2.45) is 0 Å². The Kier molecular flexibility index (Phi) is 4.55. The van der Waals surface area contributed by atoms with Crippen LogP contribution in [0.25, 0.3) is 10.6 Å². The summed E-state index contributed by atoms with van der Waals surface area (Å²) in [6.07, 6.45) is 1.76. The summed E-state index contributed by atoms with van der Waals surface area (Å²) in [6.45, 7) is 2.51. The number of rotatable bonds is 5. The third-order valence-corrected chi connectivity index (χ3v) is 3.78. The Balaban J connectivity index is 2.20. The molecule has 0 aliphatic carbocycles. The molecular weight excluding hydrogens is 268 g/mol. The van der Waals surface area contributed by atoms with Crippen molar-refractivity contribution < 1.29 is 8.78 Å². The van der Waals surface area contributed by atoms with Gasteiger partial charge in [-0.2, -0.15) is 0 Å². The second-order valence-electron chi connectivity index (χ2n) is 4.29. The van der Waals surface area contributed by atoms with E-state index in [4.69, 9.17) is 0 Å². The maximum absolute atomic E-state index is 13.7. The lowest BCUT2D eigenvalue weighted by Crippen LogP contribution is -2.08. The summed E-state index contributed by atoms with van der Waals surface area (Å²) < 4.78 is 26.9. The van der Waals surface area contributed by atoms with Gasteiger partial charge in [0.05, 0.1) is 0 Å². The molecule has 2 aromatic rings. The number of aryl methyl sites for hydroxylation is 2. The second kappa shape index (κ2) is 6.16. The maximum atomic E-state index is 13.7. The lowest BCUT2D eigenvalue weighted by atomic mass is 10.1. The summed E-state index contributed by atoms with van der Waals surface area (Å²) in [4.78, 5) is 0. The minimum Gasteiger partial charge on any atom is -0.320 e. The second-order valence-corrected chi connectivity index (χ2v) is 5.35. The Morgan fingerprint density at radius 2 is 2.00 bits per heavy atom. The zero-order valence-corrected chi connectivity index (χ0v) is 11.7. The number of nitrogens with one attached hydrogen (secondary N) is 1. The fraction of sp³-hybridized carbons (Fsp3) is 0.385. The quantitative estimate of drug-likeness (QED) is 0.857. The van der Waals surface area contributed by atoms with Gasteiger partial charge in [0, 0.05) is 18.1 Å². The molecule has 0 aliphatic heterocycles. The highest BCUT2D eigenvalue weighted by atomic mass is 32.1. The van der Waals surface area contributed by atoms with E-state index < -0.39 is 11.6 Å². The molecule has 0 spiro atoms. The van der Waals surface area contributed by atoms with Crippen LogP contribution >= 0.6 is 11.3 Å². The normalized spacial score (nSPS) is 10.9. The molecule has 102 valence electrons. The number of hydrogen-bond acceptors (Lipinski definition) is 4. The van der Waals surface area contributed by atoms with Crippen LogP contribution in [-0.4, -0.2) is 23.8 Å². The van der Waals surface area contributed by atoms with Gasteiger partial charge in [0.2, 0.25) is 0 Å². The SMILES string of the molecule is CNCCCc1nnc(-c2cc(C)c(F)cc2F)s1. The average molecular weight is 283 g/mol. The molecule has 2 rings (SSSR count). The van der Waals surface area contributed by atoms with Gasteiger partial charge in [0.25, 0.3) is 0 Å². The number of halogens is 2. The Hall–Kier alpha value is -1.40. The first-order valence-electron chi connectivity index (χ1n) is 6.05. The first-order valence-corrected chi connectivity index (χ1v) is 6.86. The van der Waals surface area contributed by atoms with E-state index in [1.165, 1.54) is 17.4 Å². The molecule has 0 amide bonds. The number of benzene rings is 1. The lowest BCUT2D eigenvalue weighted by Gasteiger charge is -2.01. The van der Waals surface area contributed by atoms with E-state index >= 15 is 0 Å². The largest absolute Gasteiger partial charge is 0.320 e. The van der Waals surface area contributed by atoms with Gasteiger partial charge in [-0.15, -0.1) is 10.2 Å². The molecule has 0 radical (unpaired) electrons. The van der Waals surface area contributed by atoms with Gasteiger partial charge in [-0.05, 0) is 38.6 Å². The molecule has 0 saturated carbocycles. The standard InChI is InChI=1S/C13H15F2N3S/c1-8-6-9(11(15)7-10(8)14)13-18-17-12(19-13)4-3-5-16-2/h6-7,16H,3-5H2,1-2H3. The summed E-state index contributed by atoms with van der Waals surface area (Å²) in [5, 5.41) is 12.4. The van der Waals surface area contributed by atoms with Crippen LogP contribution in [0.1, 0.15) is 17.0 Å². The molecule has 0 bridgehead atoms. The predicted molar refractivity (Wildman–Crippen MR) is 72.2 cm³/mol. The van der Waals surface area contributed by atoms with Crippen molar-refractivity contribution in [2.75, 3.05) is 13.6 Å². The predicted octanol–water partition coefficient (Wildman–Crippen LogP) is 2.94. The molecule has 19 heavy (non-hydrogen) atoms. The van der Waals surface area contributed by atoms with Crippen LogP contribution in [0.15, 0.2) is 12.1 Å². The van der Waals surface area contributed by atoms with E-state index in [2.05, 4.69) is 15.5 Å². The van der Waals surface area contributed by atoms with Crippen molar-refractivity contribution in [2.45, 2.75) is 19.8 Å². The molecule has 0 saturated heterocycles. The summed E-state index contributed by atoms with van der Waals surface area (Å²) >= 11 is 1.35. The minimum absolute atomic E-state index is 0.316. The molecule has 3 nitrogen and oxygen atoms in total. The molecular formula is C13H15F2N3S. The smallest absolute Gasteiger partial charge is 0.150 e. The van der Waals surface area contributed by atoms with Crippen molar-refractivity contribution in [1.82, 2.24) is 15.5 Å². The van der Waals surface area contributed by atoms with Gasteiger partial charge in [-0.25, -0.2) is 8.78 Å². The first kappa shape index (κ1) is 14.0. The highest BCUT2D eigenvalue weighted by molar-refractivity contribution is 7.14. The average Bonchev–Trinajstić information content (AvgIpc) is 2.83. The van der Waals surface area contributed by atoms with E-state index in [1.54, 1.807) is 6.92 Å². The Labute approximate surface area is 114 Å². The van der Waals surface area contributed by atoms with Crippen LogP contribution in [0, 0.1) is 18.6 Å². The van der Waals surface area contributed by atoms with Crippen LogP contribution in [0.4, 0.5) is 8.78 Å². The van der Waals surface area contributed by atoms with Gasteiger partial charge < -0.3 is 5.32 Å². The van der Waals surface area contributed by atoms with Gasteiger partial charge in [-0.1, -0.05) is 11.3 Å². The molecule has 0 atom stereocenters. The van der Waals surface area contributed by atoms with Crippen molar-refractivity contribution in [1.29, 1.82) is 0 Å². The molecule has 0 unspecified atom stereocenters. The van der Waals surface area contributed by atoms with Crippen LogP contribution in [0.5, 0.6) is 0 Å². The van der Waals surface area contributed by atoms with Crippen LogP contribution < -0.4 is 5.32 Å². The van der Waals surface area contributed by atoms with Crippen molar-refractivity contribution in [3.8, 4) is 10.6 Å². The third-order valence-electron chi connectivity index (χ3n) is 2.76. The molecule has 1 N–H and O–H groups in total. The Morgan fingerprint density at radius 1 is 1.21 bits per heavy atom. The molecule has 0 fully saturated rings. The molecule has 1 aromatic carbocycles. The van der Waals surface area contributed by atoms with Crippen molar-refractivity contribution >= 4 is 11.3 Å². The fourth-order valence-electron chi connectivity index (χ4n) is 1.70. The van der Waals surface area contributed by atoms with E-state index in [-0.39, 0.29) is 0 Å². The highest BCUT2D eigenvalue weighted by Crippen LogP contribution is 2.28. The molecule has 0 aliphatic rings. The summed E-state index contributed by atoms with van der Waals surface area (Å²) in [7, 11) is 1.89. The fourth-order valence-corrected chi connectivity index (χ4v) is 2.60. The molecule has 1 heterocycles. The lowest BCUT2D eigenvalue weighted by molar-refractivity contribution is 0.579. The van der Waals surface area contributed by atoms with Crippen LogP contribution in [-0.2, 0) is 6.42 Å².